The molecule has 2 heteroatoms. The van der Waals surface area contributed by atoms with Gasteiger partial charge < -0.3 is 10.8 Å². The van der Waals surface area contributed by atoms with Crippen LogP contribution in [0.25, 0.3) is 0 Å². The Balaban J connectivity index is 5.05. The zero-order valence-electron chi connectivity index (χ0n) is 10.4. The molecule has 1 unspecified atom stereocenters. The normalized spacial score (nSPS) is 15.0. The highest BCUT2D eigenvalue weighted by Crippen LogP contribution is 2.22. The predicted molar refractivity (Wildman–Crippen MR) is 68.1 cm³/mol. The second kappa shape index (κ2) is 6.33. The van der Waals surface area contributed by atoms with Crippen molar-refractivity contribution in [2.24, 2.45) is 5.92 Å². The van der Waals surface area contributed by atoms with E-state index in [1.54, 1.807) is 6.92 Å². The van der Waals surface area contributed by atoms with E-state index in [4.69, 9.17) is 10.8 Å². The lowest BCUT2D eigenvalue weighted by Gasteiger charge is -2.19. The second-order valence-corrected chi connectivity index (χ2v) is 3.67. The predicted octanol–water partition coefficient (Wildman–Crippen LogP) is 3.98. The van der Waals surface area contributed by atoms with Crippen molar-refractivity contribution in [1.29, 1.82) is 10.8 Å². The Labute approximate surface area is 93.1 Å². The summed E-state index contributed by atoms with van der Waals surface area (Å²) in [6.07, 6.45) is 4.71. The first-order chi connectivity index (χ1) is 6.99. The van der Waals surface area contributed by atoms with E-state index in [0.717, 1.165) is 17.6 Å². The molecule has 0 aliphatic heterocycles. The average molecular weight is 206 g/mol. The number of rotatable bonds is 5. The van der Waals surface area contributed by atoms with Gasteiger partial charge in [-0.2, -0.15) is 0 Å². The summed E-state index contributed by atoms with van der Waals surface area (Å²) in [5, 5.41) is 15.6. The second-order valence-electron chi connectivity index (χ2n) is 3.67. The van der Waals surface area contributed by atoms with E-state index < -0.39 is 0 Å². The number of hydrogen-bond donors (Lipinski definition) is 2. The summed E-state index contributed by atoms with van der Waals surface area (Å²) in [4.78, 5) is 0. The lowest BCUT2D eigenvalue weighted by molar-refractivity contribution is 0.856. The van der Waals surface area contributed by atoms with E-state index in [2.05, 4.69) is 6.92 Å². The molecule has 2 nitrogen and oxygen atoms in total. The van der Waals surface area contributed by atoms with E-state index in [9.17, 15) is 0 Å². The molecule has 0 saturated carbocycles. The molecule has 1 atom stereocenters. The molecule has 0 amide bonds. The van der Waals surface area contributed by atoms with Crippen molar-refractivity contribution in [2.75, 3.05) is 0 Å². The van der Waals surface area contributed by atoms with Gasteiger partial charge in [-0.25, -0.2) is 0 Å². The number of allylic oxidation sites excluding steroid dienone is 4. The molecule has 0 fully saturated rings. The molecule has 0 rings (SSSR count). The summed E-state index contributed by atoms with van der Waals surface area (Å²) in [5.74, 6) is 0.157. The minimum Gasteiger partial charge on any atom is -0.305 e. The Hall–Kier alpha value is -1.18. The Kier molecular flexibility index (Phi) is 5.83. The lowest BCUT2D eigenvalue weighted by Crippen LogP contribution is -2.15. The van der Waals surface area contributed by atoms with Crippen LogP contribution in [-0.4, -0.2) is 11.4 Å². The molecule has 84 valence electrons. The van der Waals surface area contributed by atoms with Crippen molar-refractivity contribution < 1.29 is 0 Å². The van der Waals surface area contributed by atoms with Crippen molar-refractivity contribution in [3.8, 4) is 0 Å². The molecule has 0 heterocycles. The van der Waals surface area contributed by atoms with Crippen LogP contribution in [0.3, 0.4) is 0 Å². The van der Waals surface area contributed by atoms with Gasteiger partial charge in [-0.1, -0.05) is 26.0 Å². The molecule has 0 aliphatic rings. The molecule has 2 N–H and O–H groups in total. The van der Waals surface area contributed by atoms with Crippen LogP contribution in [0.1, 0.15) is 41.0 Å². The van der Waals surface area contributed by atoms with Gasteiger partial charge in [-0.05, 0) is 38.3 Å². The van der Waals surface area contributed by atoms with Crippen LogP contribution in [0.4, 0.5) is 0 Å². The lowest BCUT2D eigenvalue weighted by atomic mass is 9.86. The molecule has 0 aromatic carbocycles. The smallest absolute Gasteiger partial charge is 0.0345 e. The summed E-state index contributed by atoms with van der Waals surface area (Å²) in [5.41, 5.74) is 3.32. The van der Waals surface area contributed by atoms with Crippen molar-refractivity contribution in [3.63, 3.8) is 0 Å². The maximum absolute atomic E-state index is 7.87. The Morgan fingerprint density at radius 2 is 1.60 bits per heavy atom. The first-order valence-electron chi connectivity index (χ1n) is 5.45. The summed E-state index contributed by atoms with van der Waals surface area (Å²) < 4.78 is 0. The topological polar surface area (TPSA) is 47.7 Å². The summed E-state index contributed by atoms with van der Waals surface area (Å²) >= 11 is 0. The maximum atomic E-state index is 7.87. The quantitative estimate of drug-likeness (QED) is 0.639. The van der Waals surface area contributed by atoms with E-state index in [1.165, 1.54) is 0 Å². The van der Waals surface area contributed by atoms with Crippen LogP contribution in [0.15, 0.2) is 23.3 Å². The van der Waals surface area contributed by atoms with Crippen molar-refractivity contribution in [2.45, 2.75) is 41.0 Å². The Morgan fingerprint density at radius 1 is 1.13 bits per heavy atom. The van der Waals surface area contributed by atoms with Crippen LogP contribution < -0.4 is 0 Å². The molecule has 0 saturated heterocycles. The fraction of sp³-hybridized carbons (Fsp3) is 0.538. The van der Waals surface area contributed by atoms with Crippen molar-refractivity contribution in [1.82, 2.24) is 0 Å². The fourth-order valence-electron chi connectivity index (χ4n) is 1.85. The van der Waals surface area contributed by atoms with Crippen LogP contribution in [0.2, 0.25) is 0 Å². The van der Waals surface area contributed by atoms with E-state index in [-0.39, 0.29) is 5.92 Å². The molecule has 0 bridgehead atoms. The van der Waals surface area contributed by atoms with Crippen LogP contribution in [0, 0.1) is 16.7 Å². The minimum atomic E-state index is 0.157. The first kappa shape index (κ1) is 13.8. The third-order valence-electron chi connectivity index (χ3n) is 2.69. The van der Waals surface area contributed by atoms with Crippen LogP contribution in [-0.2, 0) is 0 Å². The third-order valence-corrected chi connectivity index (χ3v) is 2.69. The first-order valence-corrected chi connectivity index (χ1v) is 5.45. The van der Waals surface area contributed by atoms with E-state index >= 15 is 0 Å². The Morgan fingerprint density at radius 3 is 1.87 bits per heavy atom. The molecule has 0 radical (unpaired) electrons. The zero-order chi connectivity index (χ0) is 12.0. The highest BCUT2D eigenvalue weighted by molar-refractivity contribution is 6.02. The van der Waals surface area contributed by atoms with Gasteiger partial charge in [0, 0.05) is 17.3 Å². The minimum absolute atomic E-state index is 0.157. The monoisotopic (exact) mass is 206 g/mol. The highest BCUT2D eigenvalue weighted by atomic mass is 14.5. The van der Waals surface area contributed by atoms with Gasteiger partial charge in [0.25, 0.3) is 0 Å². The van der Waals surface area contributed by atoms with Gasteiger partial charge in [0.1, 0.15) is 0 Å². The molecule has 0 aliphatic carbocycles. The molecule has 0 aromatic heterocycles. The van der Waals surface area contributed by atoms with Crippen LogP contribution >= 0.6 is 0 Å². The van der Waals surface area contributed by atoms with Crippen molar-refractivity contribution >= 4 is 11.4 Å². The fourth-order valence-corrected chi connectivity index (χ4v) is 1.85. The molecular formula is C13H22N2. The van der Waals surface area contributed by atoms with Gasteiger partial charge in [-0.15, -0.1) is 0 Å². The van der Waals surface area contributed by atoms with Crippen molar-refractivity contribution in [3.05, 3.63) is 23.3 Å². The standard InChI is InChI=1S/C13H22N2/c1-6-11(10(5)14)9(4)12(7-2)13(15)8-3/h6-7,9,14-15H,8H2,1-5H3/b11-6-,12-7-,14-10?,15-13?. The van der Waals surface area contributed by atoms with Gasteiger partial charge >= 0.3 is 0 Å². The summed E-state index contributed by atoms with van der Waals surface area (Å²) in [6, 6.07) is 0. The van der Waals surface area contributed by atoms with Gasteiger partial charge in [-0.3, -0.25) is 0 Å². The van der Waals surface area contributed by atoms with Gasteiger partial charge in [0.05, 0.1) is 0 Å². The maximum Gasteiger partial charge on any atom is 0.0345 e. The highest BCUT2D eigenvalue weighted by Gasteiger charge is 2.16. The average Bonchev–Trinajstić information content (AvgIpc) is 2.19. The van der Waals surface area contributed by atoms with E-state index in [0.29, 0.717) is 11.4 Å². The summed E-state index contributed by atoms with van der Waals surface area (Å²) in [7, 11) is 0. The molecule has 0 spiro atoms. The van der Waals surface area contributed by atoms with E-state index in [1.807, 2.05) is 32.9 Å². The zero-order valence-corrected chi connectivity index (χ0v) is 10.4. The SMILES string of the molecule is C/C=C(\C(C)=N)C(C)/C(=C/C)C(=N)CC. The molecular weight excluding hydrogens is 184 g/mol. The number of nitrogens with one attached hydrogen (secondary N) is 2. The third kappa shape index (κ3) is 3.46. The Bertz CT molecular complexity index is 308. The van der Waals surface area contributed by atoms with Gasteiger partial charge in [0.2, 0.25) is 0 Å². The van der Waals surface area contributed by atoms with Crippen LogP contribution in [0.5, 0.6) is 0 Å². The number of hydrogen-bond acceptors (Lipinski definition) is 2. The molecule has 15 heavy (non-hydrogen) atoms. The molecule has 0 aromatic rings. The largest absolute Gasteiger partial charge is 0.305 e. The van der Waals surface area contributed by atoms with Gasteiger partial charge in [0.15, 0.2) is 0 Å². The summed E-state index contributed by atoms with van der Waals surface area (Å²) in [6.45, 7) is 9.77.